The second-order valence-electron chi connectivity index (χ2n) is 4.98. The van der Waals surface area contributed by atoms with Gasteiger partial charge in [0.25, 0.3) is 0 Å². The summed E-state index contributed by atoms with van der Waals surface area (Å²) in [5.41, 5.74) is 3.20. The van der Waals surface area contributed by atoms with Crippen LogP contribution < -0.4 is 11.3 Å². The first-order chi connectivity index (χ1) is 7.64. The molecule has 1 aromatic heterocycles. The smallest absolute Gasteiger partial charge is 0.176 e. The van der Waals surface area contributed by atoms with E-state index in [0.29, 0.717) is 0 Å². The maximum Gasteiger partial charge on any atom is 0.176 e. The maximum atomic E-state index is 5.66. The van der Waals surface area contributed by atoms with Gasteiger partial charge >= 0.3 is 0 Å². The van der Waals surface area contributed by atoms with Crippen molar-refractivity contribution in [2.24, 2.45) is 18.3 Å². The van der Waals surface area contributed by atoms with E-state index in [1.807, 2.05) is 0 Å². The molecule has 0 saturated heterocycles. The van der Waals surface area contributed by atoms with E-state index in [1.165, 1.54) is 30.5 Å². The van der Waals surface area contributed by atoms with Crippen LogP contribution in [0.5, 0.6) is 0 Å². The number of hydrogen-bond acceptors (Lipinski definition) is 5. The summed E-state index contributed by atoms with van der Waals surface area (Å²) >= 11 is 0. The highest BCUT2D eigenvalue weighted by atomic mass is 15.6. The van der Waals surface area contributed by atoms with Crippen LogP contribution in [0.25, 0.3) is 0 Å². The summed E-state index contributed by atoms with van der Waals surface area (Å²) in [4.78, 5) is 1.49. The third-order valence-corrected chi connectivity index (χ3v) is 3.72. The van der Waals surface area contributed by atoms with E-state index in [9.17, 15) is 0 Å². The number of rotatable bonds is 4. The predicted octanol–water partition coefficient (Wildman–Crippen LogP) is 0.165. The molecule has 1 atom stereocenters. The molecular formula is C10H20N6. The van der Waals surface area contributed by atoms with Crippen LogP contribution in [0.4, 0.5) is 0 Å². The average Bonchev–Trinajstić information content (AvgIpc) is 2.85. The van der Waals surface area contributed by atoms with Gasteiger partial charge in [0, 0.05) is 12.5 Å². The minimum atomic E-state index is 0.235. The van der Waals surface area contributed by atoms with E-state index >= 15 is 0 Å². The van der Waals surface area contributed by atoms with E-state index in [1.54, 1.807) is 7.05 Å². The molecule has 90 valence electrons. The van der Waals surface area contributed by atoms with Gasteiger partial charge in [-0.2, -0.15) is 4.80 Å². The number of nitrogens with two attached hydrogens (primary N) is 1. The highest BCUT2D eigenvalue weighted by molar-refractivity contribution is 4.96. The van der Waals surface area contributed by atoms with Crippen molar-refractivity contribution in [1.29, 1.82) is 0 Å². The van der Waals surface area contributed by atoms with Crippen LogP contribution in [0, 0.1) is 5.41 Å². The highest BCUT2D eigenvalue weighted by Gasteiger charge is 2.37. The first-order valence-corrected chi connectivity index (χ1v) is 5.83. The van der Waals surface area contributed by atoms with Crippen molar-refractivity contribution in [2.45, 2.75) is 45.1 Å². The third kappa shape index (κ3) is 2.22. The minimum Gasteiger partial charge on any atom is -0.271 e. The van der Waals surface area contributed by atoms with Gasteiger partial charge < -0.3 is 0 Å². The van der Waals surface area contributed by atoms with Crippen LogP contribution in [0.1, 0.15) is 38.4 Å². The summed E-state index contributed by atoms with van der Waals surface area (Å²) in [6, 6.07) is 0.235. The lowest BCUT2D eigenvalue weighted by molar-refractivity contribution is 0.218. The Labute approximate surface area is 95.6 Å². The Morgan fingerprint density at radius 1 is 1.50 bits per heavy atom. The molecule has 0 bridgehead atoms. The normalized spacial score (nSPS) is 21.2. The second-order valence-corrected chi connectivity index (χ2v) is 4.98. The maximum absolute atomic E-state index is 5.66. The number of nitrogens with one attached hydrogen (secondary N) is 1. The Hall–Kier alpha value is -1.01. The van der Waals surface area contributed by atoms with Gasteiger partial charge in [-0.05, 0) is 23.5 Å². The lowest BCUT2D eigenvalue weighted by atomic mass is 9.79. The van der Waals surface area contributed by atoms with E-state index in [4.69, 9.17) is 5.84 Å². The Morgan fingerprint density at radius 2 is 2.19 bits per heavy atom. The molecule has 2 rings (SSSR count). The van der Waals surface area contributed by atoms with E-state index in [0.717, 1.165) is 12.2 Å². The summed E-state index contributed by atoms with van der Waals surface area (Å²) in [5.74, 6) is 6.42. The SMILES string of the molecule is Cn1nnc(CC(NN)C2(C)CCCC2)n1. The Morgan fingerprint density at radius 3 is 2.69 bits per heavy atom. The Bertz CT molecular complexity index is 341. The molecule has 1 aliphatic carbocycles. The van der Waals surface area contributed by atoms with E-state index < -0.39 is 0 Å². The fourth-order valence-electron chi connectivity index (χ4n) is 2.63. The van der Waals surface area contributed by atoms with Crippen molar-refractivity contribution >= 4 is 0 Å². The summed E-state index contributed by atoms with van der Waals surface area (Å²) in [6.07, 6.45) is 5.79. The number of hydrogen-bond donors (Lipinski definition) is 2. The Kier molecular flexibility index (Phi) is 3.20. The fourth-order valence-corrected chi connectivity index (χ4v) is 2.63. The monoisotopic (exact) mass is 224 g/mol. The number of tetrazole rings is 1. The zero-order chi connectivity index (χ0) is 11.6. The van der Waals surface area contributed by atoms with E-state index in [2.05, 4.69) is 27.8 Å². The Balaban J connectivity index is 2.05. The van der Waals surface area contributed by atoms with Gasteiger partial charge in [0.05, 0.1) is 7.05 Å². The van der Waals surface area contributed by atoms with Gasteiger partial charge in [0.1, 0.15) is 0 Å². The van der Waals surface area contributed by atoms with Gasteiger partial charge in [-0.25, -0.2) is 0 Å². The molecule has 1 aromatic rings. The first kappa shape index (κ1) is 11.5. The van der Waals surface area contributed by atoms with Crippen LogP contribution in [-0.2, 0) is 13.5 Å². The van der Waals surface area contributed by atoms with Crippen molar-refractivity contribution in [2.75, 3.05) is 0 Å². The number of nitrogens with zero attached hydrogens (tertiary/aromatic N) is 4. The lowest BCUT2D eigenvalue weighted by Crippen LogP contribution is -2.47. The van der Waals surface area contributed by atoms with Crippen LogP contribution in [0.15, 0.2) is 0 Å². The minimum absolute atomic E-state index is 0.235. The molecule has 16 heavy (non-hydrogen) atoms. The fraction of sp³-hybridized carbons (Fsp3) is 0.900. The molecule has 6 nitrogen and oxygen atoms in total. The largest absolute Gasteiger partial charge is 0.271 e. The molecule has 1 unspecified atom stereocenters. The molecule has 1 saturated carbocycles. The van der Waals surface area contributed by atoms with Crippen LogP contribution in [-0.4, -0.2) is 26.2 Å². The van der Waals surface area contributed by atoms with Crippen molar-refractivity contribution < 1.29 is 0 Å². The highest BCUT2D eigenvalue weighted by Crippen LogP contribution is 2.41. The van der Waals surface area contributed by atoms with E-state index in [-0.39, 0.29) is 11.5 Å². The number of hydrazine groups is 1. The van der Waals surface area contributed by atoms with Crippen LogP contribution in [0.3, 0.4) is 0 Å². The third-order valence-electron chi connectivity index (χ3n) is 3.72. The van der Waals surface area contributed by atoms with Gasteiger partial charge in [0.2, 0.25) is 0 Å². The summed E-state index contributed by atoms with van der Waals surface area (Å²) in [6.45, 7) is 2.29. The van der Waals surface area contributed by atoms with Crippen molar-refractivity contribution in [3.63, 3.8) is 0 Å². The zero-order valence-electron chi connectivity index (χ0n) is 9.98. The first-order valence-electron chi connectivity index (χ1n) is 5.83. The predicted molar refractivity (Wildman–Crippen MR) is 60.2 cm³/mol. The quantitative estimate of drug-likeness (QED) is 0.562. The van der Waals surface area contributed by atoms with Crippen molar-refractivity contribution in [3.8, 4) is 0 Å². The van der Waals surface area contributed by atoms with Crippen molar-refractivity contribution in [1.82, 2.24) is 25.6 Å². The van der Waals surface area contributed by atoms with Crippen molar-refractivity contribution in [3.05, 3.63) is 5.82 Å². The number of aryl methyl sites for hydroxylation is 1. The lowest BCUT2D eigenvalue weighted by Gasteiger charge is -2.32. The van der Waals surface area contributed by atoms with Crippen LogP contribution in [0.2, 0.25) is 0 Å². The second kappa shape index (κ2) is 4.47. The average molecular weight is 224 g/mol. The summed E-state index contributed by atoms with van der Waals surface area (Å²) < 4.78 is 0. The van der Waals surface area contributed by atoms with Gasteiger partial charge in [0.15, 0.2) is 5.82 Å². The summed E-state index contributed by atoms with van der Waals surface area (Å²) in [5, 5.41) is 12.1. The number of aromatic nitrogens is 4. The van der Waals surface area contributed by atoms with Gasteiger partial charge in [-0.3, -0.25) is 11.3 Å². The molecular weight excluding hydrogens is 204 g/mol. The molecule has 0 radical (unpaired) electrons. The standard InChI is InChI=1S/C10H20N6/c1-10(5-3-4-6-10)8(12-11)7-9-13-15-16(2)14-9/h8,12H,3-7,11H2,1-2H3. The zero-order valence-corrected chi connectivity index (χ0v) is 9.98. The molecule has 0 aromatic carbocycles. The molecule has 1 heterocycles. The molecule has 0 aliphatic heterocycles. The molecule has 0 amide bonds. The molecule has 3 N–H and O–H groups in total. The summed E-state index contributed by atoms with van der Waals surface area (Å²) in [7, 11) is 1.78. The van der Waals surface area contributed by atoms with Crippen LogP contribution >= 0.6 is 0 Å². The molecule has 0 spiro atoms. The van der Waals surface area contributed by atoms with Gasteiger partial charge in [-0.1, -0.05) is 19.8 Å². The molecule has 6 heteroatoms. The molecule has 1 aliphatic rings. The van der Waals surface area contributed by atoms with Gasteiger partial charge in [-0.15, -0.1) is 10.2 Å². The molecule has 1 fully saturated rings. The topological polar surface area (TPSA) is 81.7 Å².